The van der Waals surface area contributed by atoms with E-state index in [0.717, 1.165) is 35.5 Å². The number of fused-ring (bicyclic) bond motifs is 1. The number of aromatic nitrogens is 2. The van der Waals surface area contributed by atoms with Crippen molar-refractivity contribution < 1.29 is 4.79 Å². The summed E-state index contributed by atoms with van der Waals surface area (Å²) in [5.74, 6) is 0.171. The lowest BCUT2D eigenvalue weighted by Crippen LogP contribution is -2.46. The molecule has 0 aliphatic carbocycles. The molecule has 38 heavy (non-hydrogen) atoms. The molecule has 5 heteroatoms. The molecular formula is C33H38N4O. The Morgan fingerprint density at radius 3 is 2.29 bits per heavy atom. The Morgan fingerprint density at radius 2 is 1.61 bits per heavy atom. The van der Waals surface area contributed by atoms with Crippen molar-refractivity contribution in [3.8, 4) is 0 Å². The predicted molar refractivity (Wildman–Crippen MR) is 154 cm³/mol. The van der Waals surface area contributed by atoms with Crippen LogP contribution in [0.25, 0.3) is 0 Å². The average molecular weight is 507 g/mol. The van der Waals surface area contributed by atoms with E-state index in [4.69, 9.17) is 0 Å². The van der Waals surface area contributed by atoms with Crippen LogP contribution in [0.3, 0.4) is 0 Å². The smallest absolute Gasteiger partial charge is 0.245 e. The van der Waals surface area contributed by atoms with Crippen molar-refractivity contribution in [3.63, 3.8) is 0 Å². The summed E-state index contributed by atoms with van der Waals surface area (Å²) in [4.78, 5) is 26.5. The molecule has 1 unspecified atom stereocenters. The SMILES string of the molecule is Cc1[nH]cnc1CN1c2ccccc2CN(Cc2ccc(C(C)(C)C)cc2)C(=O)C1CCc1ccccc1. The van der Waals surface area contributed by atoms with Crippen LogP contribution in [0.5, 0.6) is 0 Å². The van der Waals surface area contributed by atoms with Gasteiger partial charge in [-0.2, -0.15) is 0 Å². The van der Waals surface area contributed by atoms with E-state index in [2.05, 4.69) is 108 Å². The molecule has 2 heterocycles. The van der Waals surface area contributed by atoms with Crippen LogP contribution in [-0.2, 0) is 36.3 Å². The fraction of sp³-hybridized carbons (Fsp3) is 0.333. The van der Waals surface area contributed by atoms with E-state index in [-0.39, 0.29) is 17.4 Å². The summed E-state index contributed by atoms with van der Waals surface area (Å²) in [6.07, 6.45) is 3.31. The third kappa shape index (κ3) is 5.67. The second-order valence-electron chi connectivity index (χ2n) is 11.4. The highest BCUT2D eigenvalue weighted by atomic mass is 16.2. The van der Waals surface area contributed by atoms with E-state index < -0.39 is 0 Å². The number of para-hydroxylation sites is 1. The lowest BCUT2D eigenvalue weighted by molar-refractivity contribution is -0.133. The highest BCUT2D eigenvalue weighted by molar-refractivity contribution is 5.87. The quantitative estimate of drug-likeness (QED) is 0.309. The Labute approximate surface area is 226 Å². The number of hydrogen-bond donors (Lipinski definition) is 1. The Hall–Kier alpha value is -3.86. The van der Waals surface area contributed by atoms with E-state index in [9.17, 15) is 4.79 Å². The summed E-state index contributed by atoms with van der Waals surface area (Å²) in [6, 6.07) is 27.4. The standard InChI is InChI=1S/C33H38N4O/c1-24-29(35-23-34-24)22-37-30-13-9-8-12-27(30)21-36(20-26-14-17-28(18-15-26)33(2,3)4)32(38)31(37)19-16-25-10-6-5-7-11-25/h5-15,17-18,23,31H,16,19-22H2,1-4H3,(H,34,35). The number of benzene rings is 3. The summed E-state index contributed by atoms with van der Waals surface area (Å²) in [5, 5.41) is 0. The minimum Gasteiger partial charge on any atom is -0.353 e. The number of aromatic amines is 1. The van der Waals surface area contributed by atoms with Crippen molar-refractivity contribution >= 4 is 11.6 Å². The molecule has 0 spiro atoms. The number of imidazole rings is 1. The van der Waals surface area contributed by atoms with Crippen LogP contribution in [0.4, 0.5) is 5.69 Å². The highest BCUT2D eigenvalue weighted by Gasteiger charge is 2.35. The second-order valence-corrected chi connectivity index (χ2v) is 11.4. The number of hydrogen-bond acceptors (Lipinski definition) is 3. The summed E-state index contributed by atoms with van der Waals surface area (Å²) in [6.45, 7) is 10.5. The van der Waals surface area contributed by atoms with Gasteiger partial charge >= 0.3 is 0 Å². The molecule has 1 N–H and O–H groups in total. The molecule has 1 atom stereocenters. The number of aryl methyl sites for hydroxylation is 2. The Morgan fingerprint density at radius 1 is 0.895 bits per heavy atom. The van der Waals surface area contributed by atoms with Crippen molar-refractivity contribution in [2.45, 2.75) is 71.6 Å². The van der Waals surface area contributed by atoms with Crippen LogP contribution in [-0.4, -0.2) is 26.8 Å². The Bertz CT molecular complexity index is 1370. The number of carbonyl (C=O) groups excluding carboxylic acids is 1. The first-order chi connectivity index (χ1) is 18.3. The molecule has 0 saturated heterocycles. The van der Waals surface area contributed by atoms with Gasteiger partial charge in [0, 0.05) is 24.5 Å². The fourth-order valence-corrected chi connectivity index (χ4v) is 5.32. The third-order valence-electron chi connectivity index (χ3n) is 7.63. The molecule has 1 amide bonds. The molecule has 0 fully saturated rings. The average Bonchev–Trinajstić information content (AvgIpc) is 3.28. The first kappa shape index (κ1) is 25.8. The number of H-pyrrole nitrogens is 1. The largest absolute Gasteiger partial charge is 0.353 e. The lowest BCUT2D eigenvalue weighted by Gasteiger charge is -2.33. The second kappa shape index (κ2) is 10.9. The summed E-state index contributed by atoms with van der Waals surface area (Å²) in [7, 11) is 0. The van der Waals surface area contributed by atoms with Gasteiger partial charge in [-0.15, -0.1) is 0 Å². The topological polar surface area (TPSA) is 52.2 Å². The molecule has 1 aliphatic heterocycles. The molecular weight excluding hydrogens is 468 g/mol. The van der Waals surface area contributed by atoms with Gasteiger partial charge in [-0.3, -0.25) is 4.79 Å². The van der Waals surface area contributed by atoms with Gasteiger partial charge in [0.05, 0.1) is 18.6 Å². The molecule has 0 bridgehead atoms. The third-order valence-corrected chi connectivity index (χ3v) is 7.63. The number of carbonyl (C=O) groups is 1. The van der Waals surface area contributed by atoms with Gasteiger partial charge < -0.3 is 14.8 Å². The maximum absolute atomic E-state index is 14.3. The number of amides is 1. The van der Waals surface area contributed by atoms with Gasteiger partial charge in [0.15, 0.2) is 0 Å². The van der Waals surface area contributed by atoms with Gasteiger partial charge in [0.1, 0.15) is 6.04 Å². The number of nitrogens with zero attached hydrogens (tertiary/aromatic N) is 3. The van der Waals surface area contributed by atoms with Crippen LogP contribution in [0.15, 0.2) is 85.2 Å². The molecule has 1 aliphatic rings. The minimum absolute atomic E-state index is 0.101. The van der Waals surface area contributed by atoms with Crippen molar-refractivity contribution in [1.29, 1.82) is 0 Å². The highest BCUT2D eigenvalue weighted by Crippen LogP contribution is 2.33. The Kier molecular flexibility index (Phi) is 7.37. The van der Waals surface area contributed by atoms with Gasteiger partial charge in [-0.25, -0.2) is 4.98 Å². The van der Waals surface area contributed by atoms with Crippen molar-refractivity contribution in [3.05, 3.63) is 119 Å². The molecule has 1 aromatic heterocycles. The number of nitrogens with one attached hydrogen (secondary N) is 1. The van der Waals surface area contributed by atoms with E-state index in [1.54, 1.807) is 6.33 Å². The number of rotatable bonds is 7. The molecule has 4 aromatic rings. The van der Waals surface area contributed by atoms with Crippen molar-refractivity contribution in [2.24, 2.45) is 0 Å². The van der Waals surface area contributed by atoms with Crippen LogP contribution >= 0.6 is 0 Å². The molecule has 0 radical (unpaired) electrons. The van der Waals surface area contributed by atoms with Gasteiger partial charge in [-0.1, -0.05) is 93.6 Å². The molecule has 5 nitrogen and oxygen atoms in total. The molecule has 196 valence electrons. The van der Waals surface area contributed by atoms with E-state index in [1.807, 2.05) is 17.9 Å². The first-order valence-electron chi connectivity index (χ1n) is 13.5. The molecule has 3 aromatic carbocycles. The number of anilines is 1. The van der Waals surface area contributed by atoms with E-state index >= 15 is 0 Å². The van der Waals surface area contributed by atoms with Crippen molar-refractivity contribution in [2.75, 3.05) is 4.90 Å². The van der Waals surface area contributed by atoms with E-state index in [1.165, 1.54) is 16.7 Å². The van der Waals surface area contributed by atoms with Gasteiger partial charge in [-0.05, 0) is 53.5 Å². The molecule has 5 rings (SSSR count). The van der Waals surface area contributed by atoms with Crippen molar-refractivity contribution in [1.82, 2.24) is 14.9 Å². The van der Waals surface area contributed by atoms with Gasteiger partial charge in [0.2, 0.25) is 5.91 Å². The molecule has 0 saturated carbocycles. The van der Waals surface area contributed by atoms with Crippen LogP contribution in [0, 0.1) is 6.92 Å². The Balaban J connectivity index is 1.49. The summed E-state index contributed by atoms with van der Waals surface area (Å²) >= 11 is 0. The minimum atomic E-state index is -0.288. The summed E-state index contributed by atoms with van der Waals surface area (Å²) in [5.41, 5.74) is 8.11. The maximum Gasteiger partial charge on any atom is 0.245 e. The zero-order valence-electron chi connectivity index (χ0n) is 22.9. The lowest BCUT2D eigenvalue weighted by atomic mass is 9.87. The normalized spacial score (nSPS) is 15.9. The fourth-order valence-electron chi connectivity index (χ4n) is 5.32. The van der Waals surface area contributed by atoms with Crippen LogP contribution < -0.4 is 4.90 Å². The van der Waals surface area contributed by atoms with Gasteiger partial charge in [0.25, 0.3) is 0 Å². The summed E-state index contributed by atoms with van der Waals surface area (Å²) < 4.78 is 0. The monoisotopic (exact) mass is 506 g/mol. The van der Waals surface area contributed by atoms with E-state index in [0.29, 0.717) is 19.6 Å². The first-order valence-corrected chi connectivity index (χ1v) is 13.5. The zero-order valence-corrected chi connectivity index (χ0v) is 22.9. The predicted octanol–water partition coefficient (Wildman–Crippen LogP) is 6.57. The van der Waals surface area contributed by atoms with Crippen LogP contribution in [0.2, 0.25) is 0 Å². The maximum atomic E-state index is 14.3. The zero-order chi connectivity index (χ0) is 26.7. The van der Waals surface area contributed by atoms with Crippen LogP contribution in [0.1, 0.15) is 60.8 Å².